The highest BCUT2D eigenvalue weighted by Gasteiger charge is 2.48. The molecule has 0 spiro atoms. The van der Waals surface area contributed by atoms with Crippen molar-refractivity contribution >= 4 is 116 Å². The quantitative estimate of drug-likeness (QED) is 0.160. The van der Waals surface area contributed by atoms with Crippen molar-refractivity contribution < 1.29 is 19.2 Å². The maximum atomic E-state index is 13.1. The highest BCUT2D eigenvalue weighted by atomic mass is 35.5. The molecule has 0 saturated heterocycles. The van der Waals surface area contributed by atoms with Gasteiger partial charge in [-0.2, -0.15) is 0 Å². The molecule has 5 aliphatic rings. The molecule has 4 amide bonds. The Kier molecular flexibility index (Phi) is 12.1. The van der Waals surface area contributed by atoms with Crippen LogP contribution in [0.15, 0.2) is 36.4 Å². The molecule has 8 bridgehead atoms. The Bertz CT molecular complexity index is 1610. The normalized spacial score (nSPS) is 25.6. The molecule has 10 nitrogen and oxygen atoms in total. The van der Waals surface area contributed by atoms with E-state index in [-0.39, 0.29) is 80.2 Å². The van der Waals surface area contributed by atoms with Gasteiger partial charge in [-0.1, -0.05) is 58.5 Å². The molecule has 1 saturated carbocycles. The molecule has 6 atom stereocenters. The number of nitrogens with one attached hydrogen (secondary N) is 4. The van der Waals surface area contributed by atoms with Gasteiger partial charge in [0.15, 0.2) is 0 Å². The zero-order valence-electron chi connectivity index (χ0n) is 24.3. The Balaban J connectivity index is 1.47. The summed E-state index contributed by atoms with van der Waals surface area (Å²) in [5.74, 6) is -3.58. The predicted octanol–water partition coefficient (Wildman–Crippen LogP) is 6.10. The number of halogens is 8. The second kappa shape index (κ2) is 15.7. The van der Waals surface area contributed by atoms with E-state index in [0.29, 0.717) is 0 Å². The summed E-state index contributed by atoms with van der Waals surface area (Å²) in [7, 11) is 0. The number of nitrogens with zero attached hydrogens (tertiary/aromatic N) is 2. The number of carbonyl (C=O) groups excluding carboxylic acids is 4. The Hall–Kier alpha value is -2.28. The third-order valence-corrected chi connectivity index (χ3v) is 12.5. The van der Waals surface area contributed by atoms with Gasteiger partial charge in [0.05, 0.1) is 41.6 Å². The van der Waals surface area contributed by atoms with Crippen LogP contribution in [0.4, 0.5) is 0 Å². The van der Waals surface area contributed by atoms with E-state index in [1.165, 1.54) is 36.4 Å². The molecule has 1 aromatic carbocycles. The molecule has 1 aliphatic carbocycles. The topological polar surface area (TPSA) is 142 Å². The van der Waals surface area contributed by atoms with Crippen molar-refractivity contribution in [3.8, 4) is 0 Å². The highest BCUT2D eigenvalue weighted by Crippen LogP contribution is 2.42. The van der Waals surface area contributed by atoms with E-state index in [1.807, 2.05) is 0 Å². The molecule has 48 heavy (non-hydrogen) atoms. The van der Waals surface area contributed by atoms with Crippen molar-refractivity contribution in [3.63, 3.8) is 0 Å². The molecule has 0 radical (unpaired) electrons. The summed E-state index contributed by atoms with van der Waals surface area (Å²) in [4.78, 5) is 60.6. The van der Waals surface area contributed by atoms with Gasteiger partial charge >= 0.3 is 0 Å². The molecule has 2 aromatic heterocycles. The first-order valence-electron chi connectivity index (χ1n) is 14.3. The number of pyridine rings is 2. The average Bonchev–Trinajstić information content (AvgIpc) is 3.09. The molecule has 18 heteroatoms. The van der Waals surface area contributed by atoms with Crippen molar-refractivity contribution in [3.05, 3.63) is 90.4 Å². The zero-order valence-corrected chi connectivity index (χ0v) is 30.4. The van der Waals surface area contributed by atoms with Gasteiger partial charge in [0.1, 0.15) is 22.8 Å². The maximum Gasteiger partial charge on any atom is 0.270 e. The second-order valence-electron chi connectivity index (χ2n) is 10.9. The average molecular weight is 816 g/mol. The largest absolute Gasteiger partial charge is 0.350 e. The molecule has 4 unspecified atom stereocenters. The van der Waals surface area contributed by atoms with Crippen LogP contribution in [0.3, 0.4) is 0 Å². The monoisotopic (exact) mass is 812 g/mol. The minimum Gasteiger partial charge on any atom is -0.350 e. The molecule has 4 aliphatic heterocycles. The maximum absolute atomic E-state index is 13.1. The van der Waals surface area contributed by atoms with Gasteiger partial charge in [-0.05, 0) is 24.3 Å². The summed E-state index contributed by atoms with van der Waals surface area (Å²) in [6.07, 6.45) is 0. The second-order valence-corrected chi connectivity index (χ2v) is 14.4. The first-order valence-corrected chi connectivity index (χ1v) is 17.5. The summed E-state index contributed by atoms with van der Waals surface area (Å²) in [6.45, 7) is -0.402. The predicted molar refractivity (Wildman–Crippen MR) is 188 cm³/mol. The van der Waals surface area contributed by atoms with Crippen molar-refractivity contribution in [2.45, 2.75) is 34.6 Å². The van der Waals surface area contributed by atoms with Crippen LogP contribution in [0.2, 0.25) is 20.1 Å². The number of hydrogen-bond acceptors (Lipinski definition) is 6. The standard InChI is InChI=1S/C30H24Cl8N6O4/c31-19-11-7-39-27(45)15-3-1-4-16(43-15)28(46)40-8-12-21(33)25(37)14(26(38)22(12)34)10-42-30(48)18-6-2-5-17(44-18)29(47)41-9-13(23(19)35)24(36)20(11)32/h1-6,11,13,19-20,23-24H,7-10H2,(H,39,45)(H,40,46)(H,41,47)(H,42,48)/t11?,13?,19-,20+,23?,24?. The molecular formula is C30H24Cl8N6O4. The summed E-state index contributed by atoms with van der Waals surface area (Å²) in [6, 6.07) is 8.68. The van der Waals surface area contributed by atoms with Gasteiger partial charge in [-0.15, -0.1) is 46.4 Å². The molecule has 4 N–H and O–H groups in total. The van der Waals surface area contributed by atoms with Crippen molar-refractivity contribution in [1.29, 1.82) is 0 Å². The molecule has 1 fully saturated rings. The molecule has 8 rings (SSSR count). The fraction of sp³-hybridized carbons (Fsp3) is 0.333. The van der Waals surface area contributed by atoms with Crippen LogP contribution in [0, 0.1) is 11.8 Å². The first-order chi connectivity index (χ1) is 22.8. The van der Waals surface area contributed by atoms with Crippen molar-refractivity contribution in [1.82, 2.24) is 31.2 Å². The van der Waals surface area contributed by atoms with Crippen LogP contribution in [0.25, 0.3) is 0 Å². The van der Waals surface area contributed by atoms with Gasteiger partial charge in [0.25, 0.3) is 23.6 Å². The molecular weight excluding hydrogens is 792 g/mol. The number of hydrogen-bond donors (Lipinski definition) is 4. The molecule has 6 heterocycles. The number of rotatable bonds is 0. The molecule has 3 aromatic rings. The fourth-order valence-corrected chi connectivity index (χ4v) is 8.35. The van der Waals surface area contributed by atoms with Gasteiger partial charge in [0.2, 0.25) is 0 Å². The third-order valence-electron chi connectivity index (χ3n) is 7.97. The minimum absolute atomic E-state index is 0.00191. The third kappa shape index (κ3) is 7.71. The summed E-state index contributed by atoms with van der Waals surface area (Å²) in [5, 5.41) is 7.79. The Morgan fingerprint density at radius 1 is 0.479 bits per heavy atom. The smallest absolute Gasteiger partial charge is 0.270 e. The van der Waals surface area contributed by atoms with E-state index in [9.17, 15) is 19.2 Å². The van der Waals surface area contributed by atoms with Crippen LogP contribution in [0.5, 0.6) is 0 Å². The van der Waals surface area contributed by atoms with E-state index >= 15 is 0 Å². The Morgan fingerprint density at radius 2 is 0.750 bits per heavy atom. The molecule has 254 valence electrons. The van der Waals surface area contributed by atoms with Crippen molar-refractivity contribution in [2.24, 2.45) is 11.8 Å². The summed E-state index contributed by atoms with van der Waals surface area (Å²) in [5.41, 5.74) is 0.190. The van der Waals surface area contributed by atoms with Gasteiger partial charge in [0, 0.05) is 49.1 Å². The zero-order chi connectivity index (χ0) is 34.9. The van der Waals surface area contributed by atoms with E-state index in [0.717, 1.165) is 0 Å². The van der Waals surface area contributed by atoms with Gasteiger partial charge < -0.3 is 21.3 Å². The fourth-order valence-electron chi connectivity index (χ4n) is 5.28. The first kappa shape index (κ1) is 37.0. The summed E-state index contributed by atoms with van der Waals surface area (Å²) < 4.78 is 0. The minimum atomic E-state index is -0.741. The van der Waals surface area contributed by atoms with Crippen LogP contribution < -0.4 is 21.3 Å². The van der Waals surface area contributed by atoms with Crippen LogP contribution in [-0.4, -0.2) is 68.2 Å². The van der Waals surface area contributed by atoms with Crippen LogP contribution in [0.1, 0.15) is 53.1 Å². The lowest BCUT2D eigenvalue weighted by Gasteiger charge is -2.43. The lowest BCUT2D eigenvalue weighted by molar-refractivity contribution is 0.0915. The number of carbonyl (C=O) groups is 4. The van der Waals surface area contributed by atoms with E-state index in [4.69, 9.17) is 92.8 Å². The Morgan fingerprint density at radius 3 is 1.04 bits per heavy atom. The number of aromatic nitrogens is 2. The number of benzene rings is 1. The van der Waals surface area contributed by atoms with E-state index < -0.39 is 57.0 Å². The van der Waals surface area contributed by atoms with Gasteiger partial charge in [-0.25, -0.2) is 9.97 Å². The van der Waals surface area contributed by atoms with Gasteiger partial charge in [-0.3, -0.25) is 19.2 Å². The Labute approximate surface area is 314 Å². The van der Waals surface area contributed by atoms with Crippen LogP contribution in [-0.2, 0) is 13.1 Å². The number of amides is 4. The van der Waals surface area contributed by atoms with E-state index in [1.54, 1.807) is 0 Å². The number of alkyl halides is 4. The lowest BCUT2D eigenvalue weighted by atomic mass is 9.80. The van der Waals surface area contributed by atoms with Crippen molar-refractivity contribution in [2.75, 3.05) is 13.1 Å². The summed E-state index contributed by atoms with van der Waals surface area (Å²) >= 11 is 53.0. The van der Waals surface area contributed by atoms with Crippen LogP contribution >= 0.6 is 92.8 Å². The van der Waals surface area contributed by atoms with E-state index in [2.05, 4.69) is 31.2 Å². The lowest BCUT2D eigenvalue weighted by Crippen LogP contribution is -2.56. The highest BCUT2D eigenvalue weighted by molar-refractivity contribution is 6.49. The SMILES string of the molecule is O=C1NCc2c(Cl)c(Cl)c(c(Cl)c2Cl)CNC(=O)c2cccc(n2)C(=O)NCC2[C@H](Cl)C(Cl)C(CNC(=O)c3cccc1n3)C(Cl)[C@@H]2Cl.